The van der Waals surface area contributed by atoms with Crippen LogP contribution in [0.5, 0.6) is 0 Å². The Balaban J connectivity index is 1.45. The Morgan fingerprint density at radius 1 is 1.35 bits per heavy atom. The summed E-state index contributed by atoms with van der Waals surface area (Å²) in [5, 5.41) is 12.1. The van der Waals surface area contributed by atoms with Gasteiger partial charge in [-0.15, -0.1) is 0 Å². The number of carboxylic acids is 1. The molecular formula is C17H23N5O3S. The number of imidazole rings is 1. The van der Waals surface area contributed by atoms with Crippen molar-refractivity contribution in [2.45, 2.75) is 33.2 Å². The molecule has 0 spiro atoms. The van der Waals surface area contributed by atoms with E-state index >= 15 is 0 Å². The van der Waals surface area contributed by atoms with Gasteiger partial charge in [-0.1, -0.05) is 11.3 Å². The highest BCUT2D eigenvalue weighted by atomic mass is 32.1. The number of nitrogens with zero attached hydrogens (tertiary/aromatic N) is 4. The third kappa shape index (κ3) is 4.47. The van der Waals surface area contributed by atoms with Gasteiger partial charge in [-0.25, -0.2) is 14.8 Å². The summed E-state index contributed by atoms with van der Waals surface area (Å²) in [4.78, 5) is 33.9. The van der Waals surface area contributed by atoms with E-state index in [0.29, 0.717) is 23.3 Å². The average molecular weight is 377 g/mol. The summed E-state index contributed by atoms with van der Waals surface area (Å²) in [6, 6.07) is 0. The maximum absolute atomic E-state index is 12.2. The van der Waals surface area contributed by atoms with Crippen molar-refractivity contribution < 1.29 is 14.7 Å². The van der Waals surface area contributed by atoms with Crippen molar-refractivity contribution in [2.24, 2.45) is 5.92 Å². The second kappa shape index (κ2) is 7.96. The number of carbonyl (C=O) groups is 2. The van der Waals surface area contributed by atoms with E-state index in [-0.39, 0.29) is 10.8 Å². The third-order valence-corrected chi connectivity index (χ3v) is 5.75. The maximum Gasteiger partial charge on any atom is 0.347 e. The van der Waals surface area contributed by atoms with E-state index in [0.717, 1.165) is 49.6 Å². The van der Waals surface area contributed by atoms with Gasteiger partial charge in [0.2, 0.25) is 5.91 Å². The van der Waals surface area contributed by atoms with Crippen molar-refractivity contribution in [2.75, 3.05) is 25.0 Å². The van der Waals surface area contributed by atoms with Crippen molar-refractivity contribution in [3.05, 3.63) is 28.8 Å². The molecule has 3 heterocycles. The van der Waals surface area contributed by atoms with Crippen LogP contribution in [0.3, 0.4) is 0 Å². The minimum Gasteiger partial charge on any atom is -0.477 e. The summed E-state index contributed by atoms with van der Waals surface area (Å²) in [7, 11) is 0. The molecule has 1 saturated heterocycles. The zero-order chi connectivity index (χ0) is 18.7. The van der Waals surface area contributed by atoms with Crippen LogP contribution in [-0.4, -0.2) is 56.1 Å². The largest absolute Gasteiger partial charge is 0.477 e. The highest BCUT2D eigenvalue weighted by Crippen LogP contribution is 2.23. The number of hydrogen-bond acceptors (Lipinski definition) is 6. The quantitative estimate of drug-likeness (QED) is 0.799. The van der Waals surface area contributed by atoms with Gasteiger partial charge in [-0.05, 0) is 45.7 Å². The number of thiazole rings is 1. The van der Waals surface area contributed by atoms with Crippen molar-refractivity contribution in [3.8, 4) is 0 Å². The van der Waals surface area contributed by atoms with E-state index in [9.17, 15) is 9.59 Å². The lowest BCUT2D eigenvalue weighted by molar-refractivity contribution is -0.117. The molecule has 1 aliphatic heterocycles. The molecule has 2 N–H and O–H groups in total. The Kier molecular flexibility index (Phi) is 5.67. The minimum absolute atomic E-state index is 0.153. The smallest absolute Gasteiger partial charge is 0.347 e. The van der Waals surface area contributed by atoms with Crippen LogP contribution >= 0.6 is 11.3 Å². The molecule has 0 aliphatic carbocycles. The first-order valence-corrected chi connectivity index (χ1v) is 9.44. The van der Waals surface area contributed by atoms with Crippen LogP contribution in [0.1, 0.15) is 34.0 Å². The number of carboxylic acid groups (broad SMARTS) is 1. The first kappa shape index (κ1) is 18.5. The molecule has 0 atom stereocenters. The molecule has 0 bridgehead atoms. The number of aryl methyl sites for hydroxylation is 2. The van der Waals surface area contributed by atoms with Crippen LogP contribution in [0, 0.1) is 19.8 Å². The lowest BCUT2D eigenvalue weighted by Gasteiger charge is -2.31. The zero-order valence-electron chi connectivity index (χ0n) is 14.9. The van der Waals surface area contributed by atoms with Gasteiger partial charge in [0.1, 0.15) is 10.7 Å². The fourth-order valence-electron chi connectivity index (χ4n) is 3.21. The van der Waals surface area contributed by atoms with Crippen LogP contribution in [-0.2, 0) is 11.3 Å². The number of likely N-dealkylation sites (tertiary alicyclic amines) is 1. The van der Waals surface area contributed by atoms with Crippen LogP contribution < -0.4 is 5.32 Å². The summed E-state index contributed by atoms with van der Waals surface area (Å²) < 4.78 is 2.18. The fraction of sp³-hybridized carbons (Fsp3) is 0.529. The monoisotopic (exact) mass is 377 g/mol. The second-order valence-corrected chi connectivity index (χ2v) is 7.63. The molecule has 140 valence electrons. The van der Waals surface area contributed by atoms with Gasteiger partial charge in [0, 0.05) is 18.9 Å². The Morgan fingerprint density at radius 3 is 2.65 bits per heavy atom. The van der Waals surface area contributed by atoms with Gasteiger partial charge in [0.05, 0.1) is 12.2 Å². The maximum atomic E-state index is 12.2. The van der Waals surface area contributed by atoms with Crippen molar-refractivity contribution in [1.29, 1.82) is 0 Å². The van der Waals surface area contributed by atoms with Crippen LogP contribution in [0.25, 0.3) is 0 Å². The number of anilines is 1. The second-order valence-electron chi connectivity index (χ2n) is 6.63. The molecule has 8 nitrogen and oxygen atoms in total. The normalized spacial score (nSPS) is 15.9. The standard InChI is InChI=1S/C17H23N5O3S/c1-11-15(16(24)25)26-17(19-11)20-14(23)10-21-6-3-13(4-7-21)9-22-8-5-18-12(22)2/h5,8,13H,3-4,6-7,9-10H2,1-2H3,(H,24,25)(H,19,20,23). The molecule has 3 rings (SSSR count). The van der Waals surface area contributed by atoms with Gasteiger partial charge in [-0.2, -0.15) is 0 Å². The predicted octanol–water partition coefficient (Wildman–Crippen LogP) is 2.01. The molecule has 1 amide bonds. The van der Waals surface area contributed by atoms with E-state index < -0.39 is 5.97 Å². The van der Waals surface area contributed by atoms with Gasteiger partial charge in [0.25, 0.3) is 0 Å². The van der Waals surface area contributed by atoms with Crippen LogP contribution in [0.2, 0.25) is 0 Å². The lowest BCUT2D eigenvalue weighted by atomic mass is 9.96. The Morgan fingerprint density at radius 2 is 2.08 bits per heavy atom. The number of hydrogen-bond donors (Lipinski definition) is 2. The van der Waals surface area contributed by atoms with Crippen molar-refractivity contribution >= 4 is 28.3 Å². The van der Waals surface area contributed by atoms with Gasteiger partial charge >= 0.3 is 5.97 Å². The van der Waals surface area contributed by atoms with E-state index in [1.54, 1.807) is 6.92 Å². The number of piperidine rings is 1. The summed E-state index contributed by atoms with van der Waals surface area (Å²) in [6.45, 7) is 6.67. The molecular weight excluding hydrogens is 354 g/mol. The number of carbonyl (C=O) groups excluding carboxylic acids is 1. The van der Waals surface area contributed by atoms with Crippen LogP contribution in [0.4, 0.5) is 5.13 Å². The molecule has 9 heteroatoms. The first-order chi connectivity index (χ1) is 12.4. The van der Waals surface area contributed by atoms with E-state index in [2.05, 4.69) is 24.8 Å². The highest BCUT2D eigenvalue weighted by Gasteiger charge is 2.22. The molecule has 0 saturated carbocycles. The molecule has 0 radical (unpaired) electrons. The number of amides is 1. The molecule has 0 unspecified atom stereocenters. The fourth-order valence-corrected chi connectivity index (χ4v) is 4.03. The minimum atomic E-state index is -1.02. The molecule has 1 aliphatic rings. The van der Waals surface area contributed by atoms with Gasteiger partial charge in [0.15, 0.2) is 5.13 Å². The molecule has 1 fully saturated rings. The van der Waals surface area contributed by atoms with Crippen molar-refractivity contribution in [1.82, 2.24) is 19.4 Å². The molecule has 2 aromatic heterocycles. The average Bonchev–Trinajstić information content (AvgIpc) is 3.15. The molecule has 2 aromatic rings. The third-order valence-electron chi connectivity index (χ3n) is 4.69. The highest BCUT2D eigenvalue weighted by molar-refractivity contribution is 7.17. The van der Waals surface area contributed by atoms with E-state index in [1.165, 1.54) is 0 Å². The lowest BCUT2D eigenvalue weighted by Crippen LogP contribution is -2.40. The summed E-state index contributed by atoms with van der Waals surface area (Å²) in [6.07, 6.45) is 5.93. The van der Waals surface area contributed by atoms with E-state index in [1.807, 2.05) is 19.3 Å². The SMILES string of the molecule is Cc1nc(NC(=O)CN2CCC(Cn3ccnc3C)CC2)sc1C(=O)O. The van der Waals surface area contributed by atoms with E-state index in [4.69, 9.17) is 5.11 Å². The number of aromatic nitrogens is 3. The van der Waals surface area contributed by atoms with Gasteiger partial charge in [-0.3, -0.25) is 9.69 Å². The summed E-state index contributed by atoms with van der Waals surface area (Å²) in [5.41, 5.74) is 0.424. The first-order valence-electron chi connectivity index (χ1n) is 8.63. The van der Waals surface area contributed by atoms with Crippen molar-refractivity contribution in [3.63, 3.8) is 0 Å². The number of rotatable bonds is 6. The summed E-state index contributed by atoms with van der Waals surface area (Å²) >= 11 is 0.992. The Bertz CT molecular complexity index is 792. The Hall–Kier alpha value is -2.26. The topological polar surface area (TPSA) is 100 Å². The van der Waals surface area contributed by atoms with Gasteiger partial charge < -0.3 is 15.0 Å². The Labute approximate surface area is 155 Å². The molecule has 0 aromatic carbocycles. The summed E-state index contributed by atoms with van der Waals surface area (Å²) in [5.74, 6) is 0.462. The van der Waals surface area contributed by atoms with Crippen LogP contribution in [0.15, 0.2) is 12.4 Å². The number of nitrogens with one attached hydrogen (secondary N) is 1. The predicted molar refractivity (Wildman–Crippen MR) is 98.6 cm³/mol. The zero-order valence-corrected chi connectivity index (χ0v) is 15.8. The molecule has 26 heavy (non-hydrogen) atoms. The number of aromatic carboxylic acids is 1.